The minimum atomic E-state index is -0.478. The molecule has 3 rings (SSSR count). The molecule has 0 amide bonds. The van der Waals surface area contributed by atoms with Crippen molar-refractivity contribution in [2.24, 2.45) is 0 Å². The van der Waals surface area contributed by atoms with Crippen molar-refractivity contribution < 1.29 is 19.3 Å². The van der Waals surface area contributed by atoms with E-state index in [-0.39, 0.29) is 12.2 Å². The SMILES string of the molecule is COc1ccc2c(c1)OC(C1CCCO1)CC2O. The van der Waals surface area contributed by atoms with Gasteiger partial charge in [-0.25, -0.2) is 0 Å². The third kappa shape index (κ3) is 2.06. The normalized spacial score (nSPS) is 30.7. The lowest BCUT2D eigenvalue weighted by molar-refractivity contribution is -0.0272. The minimum Gasteiger partial charge on any atom is -0.497 e. The topological polar surface area (TPSA) is 47.9 Å². The molecular formula is C14H18O4. The van der Waals surface area contributed by atoms with Crippen molar-refractivity contribution in [3.05, 3.63) is 23.8 Å². The number of fused-ring (bicyclic) bond motifs is 1. The molecule has 3 atom stereocenters. The van der Waals surface area contributed by atoms with Crippen LogP contribution in [0.15, 0.2) is 18.2 Å². The summed E-state index contributed by atoms with van der Waals surface area (Å²) in [5.41, 5.74) is 0.838. The molecule has 0 saturated carbocycles. The predicted molar refractivity (Wildman–Crippen MR) is 66.0 cm³/mol. The number of aliphatic hydroxyl groups is 1. The molecule has 1 aromatic carbocycles. The molecule has 1 fully saturated rings. The summed E-state index contributed by atoms with van der Waals surface area (Å²) in [7, 11) is 1.62. The van der Waals surface area contributed by atoms with Crippen molar-refractivity contribution in [2.45, 2.75) is 37.6 Å². The Hall–Kier alpha value is -1.26. The molecule has 1 N–H and O–H groups in total. The summed E-state index contributed by atoms with van der Waals surface area (Å²) in [6.07, 6.45) is 2.27. The molecule has 1 saturated heterocycles. The minimum absolute atomic E-state index is 0.0536. The maximum Gasteiger partial charge on any atom is 0.129 e. The Balaban J connectivity index is 1.85. The van der Waals surface area contributed by atoms with Gasteiger partial charge in [-0.05, 0) is 25.0 Å². The van der Waals surface area contributed by atoms with Crippen molar-refractivity contribution >= 4 is 0 Å². The summed E-state index contributed by atoms with van der Waals surface area (Å²) >= 11 is 0. The molecular weight excluding hydrogens is 232 g/mol. The van der Waals surface area contributed by atoms with E-state index < -0.39 is 6.10 Å². The Kier molecular flexibility index (Phi) is 3.14. The van der Waals surface area contributed by atoms with Crippen LogP contribution >= 0.6 is 0 Å². The van der Waals surface area contributed by atoms with E-state index in [1.54, 1.807) is 7.11 Å². The van der Waals surface area contributed by atoms with Crippen molar-refractivity contribution in [1.29, 1.82) is 0 Å². The molecule has 3 unspecified atom stereocenters. The molecule has 18 heavy (non-hydrogen) atoms. The van der Waals surface area contributed by atoms with Gasteiger partial charge in [0.25, 0.3) is 0 Å². The molecule has 0 aromatic heterocycles. The van der Waals surface area contributed by atoms with Gasteiger partial charge in [0.2, 0.25) is 0 Å². The van der Waals surface area contributed by atoms with Crippen LogP contribution in [-0.4, -0.2) is 31.0 Å². The van der Waals surface area contributed by atoms with E-state index in [0.717, 1.165) is 30.8 Å². The van der Waals surface area contributed by atoms with E-state index in [4.69, 9.17) is 14.2 Å². The maximum atomic E-state index is 10.2. The van der Waals surface area contributed by atoms with Gasteiger partial charge in [-0.2, -0.15) is 0 Å². The van der Waals surface area contributed by atoms with Crippen LogP contribution in [0, 0.1) is 0 Å². The van der Waals surface area contributed by atoms with E-state index in [9.17, 15) is 5.11 Å². The number of methoxy groups -OCH3 is 1. The molecule has 0 aliphatic carbocycles. The lowest BCUT2D eigenvalue weighted by Crippen LogP contribution is -2.36. The maximum absolute atomic E-state index is 10.2. The van der Waals surface area contributed by atoms with Gasteiger partial charge in [0.05, 0.1) is 19.3 Å². The van der Waals surface area contributed by atoms with Crippen LogP contribution in [0.4, 0.5) is 0 Å². The fourth-order valence-corrected chi connectivity index (χ4v) is 2.70. The third-order valence-corrected chi connectivity index (χ3v) is 3.69. The second-order valence-electron chi connectivity index (χ2n) is 4.86. The highest BCUT2D eigenvalue weighted by Gasteiger charge is 2.34. The Morgan fingerprint density at radius 2 is 2.22 bits per heavy atom. The van der Waals surface area contributed by atoms with Gasteiger partial charge < -0.3 is 19.3 Å². The molecule has 1 aromatic rings. The molecule has 2 aliphatic heterocycles. The summed E-state index contributed by atoms with van der Waals surface area (Å²) in [6, 6.07) is 5.54. The molecule has 4 nitrogen and oxygen atoms in total. The van der Waals surface area contributed by atoms with Crippen molar-refractivity contribution in [1.82, 2.24) is 0 Å². The van der Waals surface area contributed by atoms with E-state index in [0.29, 0.717) is 12.2 Å². The molecule has 0 bridgehead atoms. The zero-order valence-corrected chi connectivity index (χ0v) is 10.5. The molecule has 0 spiro atoms. The Morgan fingerprint density at radius 3 is 2.94 bits per heavy atom. The zero-order chi connectivity index (χ0) is 12.5. The van der Waals surface area contributed by atoms with Crippen LogP contribution in [0.5, 0.6) is 11.5 Å². The van der Waals surface area contributed by atoms with Gasteiger partial charge in [0.1, 0.15) is 17.6 Å². The first-order valence-corrected chi connectivity index (χ1v) is 6.42. The summed E-state index contributed by atoms with van der Waals surface area (Å²) in [6.45, 7) is 0.797. The summed E-state index contributed by atoms with van der Waals surface area (Å²) < 4.78 is 16.8. The Bertz CT molecular complexity index is 426. The molecule has 98 valence electrons. The van der Waals surface area contributed by atoms with Gasteiger partial charge in [0, 0.05) is 24.7 Å². The predicted octanol–water partition coefficient (Wildman–Crippen LogP) is 2.06. The highest BCUT2D eigenvalue weighted by atomic mass is 16.5. The van der Waals surface area contributed by atoms with Gasteiger partial charge in [-0.15, -0.1) is 0 Å². The number of benzene rings is 1. The lowest BCUT2D eigenvalue weighted by Gasteiger charge is -2.32. The number of hydrogen-bond donors (Lipinski definition) is 1. The zero-order valence-electron chi connectivity index (χ0n) is 10.5. The summed E-state index contributed by atoms with van der Waals surface area (Å²) in [4.78, 5) is 0. The number of hydrogen-bond acceptors (Lipinski definition) is 4. The number of aliphatic hydroxyl groups excluding tert-OH is 1. The van der Waals surface area contributed by atoms with Gasteiger partial charge in [-0.1, -0.05) is 0 Å². The smallest absolute Gasteiger partial charge is 0.129 e. The van der Waals surface area contributed by atoms with E-state index in [1.165, 1.54) is 0 Å². The quantitative estimate of drug-likeness (QED) is 0.872. The molecule has 2 aliphatic rings. The van der Waals surface area contributed by atoms with Gasteiger partial charge in [-0.3, -0.25) is 0 Å². The standard InChI is InChI=1S/C14H18O4/c1-16-9-4-5-10-11(15)8-14(18-13(10)7-9)12-3-2-6-17-12/h4-5,7,11-12,14-15H,2-3,6,8H2,1H3. The first kappa shape index (κ1) is 11.8. The fourth-order valence-electron chi connectivity index (χ4n) is 2.70. The summed E-state index contributed by atoms with van der Waals surface area (Å²) in [5.74, 6) is 1.46. The van der Waals surface area contributed by atoms with E-state index >= 15 is 0 Å². The van der Waals surface area contributed by atoms with Crippen LogP contribution < -0.4 is 9.47 Å². The van der Waals surface area contributed by atoms with Crippen LogP contribution in [0.25, 0.3) is 0 Å². The highest BCUT2D eigenvalue weighted by Crippen LogP contribution is 2.39. The van der Waals surface area contributed by atoms with Crippen LogP contribution in [-0.2, 0) is 4.74 Å². The van der Waals surface area contributed by atoms with Crippen LogP contribution in [0.1, 0.15) is 30.9 Å². The average Bonchev–Trinajstić information content (AvgIpc) is 2.91. The van der Waals surface area contributed by atoms with E-state index in [2.05, 4.69) is 0 Å². The second kappa shape index (κ2) is 4.78. The number of rotatable bonds is 2. The fraction of sp³-hybridized carbons (Fsp3) is 0.571. The summed E-state index contributed by atoms with van der Waals surface area (Å²) in [5, 5.41) is 10.2. The monoisotopic (exact) mass is 250 g/mol. The van der Waals surface area contributed by atoms with Crippen molar-refractivity contribution in [2.75, 3.05) is 13.7 Å². The van der Waals surface area contributed by atoms with Crippen molar-refractivity contribution in [3.63, 3.8) is 0 Å². The molecule has 4 heteroatoms. The van der Waals surface area contributed by atoms with Gasteiger partial charge in [0.15, 0.2) is 0 Å². The number of ether oxygens (including phenoxy) is 3. The molecule has 2 heterocycles. The Morgan fingerprint density at radius 1 is 1.33 bits per heavy atom. The lowest BCUT2D eigenvalue weighted by atomic mass is 9.95. The first-order chi connectivity index (χ1) is 8.78. The average molecular weight is 250 g/mol. The molecule has 0 radical (unpaired) electrons. The third-order valence-electron chi connectivity index (χ3n) is 3.69. The van der Waals surface area contributed by atoms with Crippen LogP contribution in [0.3, 0.4) is 0 Å². The van der Waals surface area contributed by atoms with Crippen LogP contribution in [0.2, 0.25) is 0 Å². The highest BCUT2D eigenvalue weighted by molar-refractivity contribution is 5.43. The van der Waals surface area contributed by atoms with E-state index in [1.807, 2.05) is 18.2 Å². The van der Waals surface area contributed by atoms with Gasteiger partial charge >= 0.3 is 0 Å². The second-order valence-corrected chi connectivity index (χ2v) is 4.86. The first-order valence-electron chi connectivity index (χ1n) is 6.42. The largest absolute Gasteiger partial charge is 0.497 e. The Labute approximate surface area is 106 Å². The van der Waals surface area contributed by atoms with Crippen molar-refractivity contribution in [3.8, 4) is 11.5 Å².